The first-order valence-electron chi connectivity index (χ1n) is 9.22. The van der Waals surface area contributed by atoms with E-state index in [0.29, 0.717) is 28.1 Å². The average Bonchev–Trinajstić information content (AvgIpc) is 2.73. The molecule has 31 heavy (non-hydrogen) atoms. The molecule has 3 rings (SSSR count). The lowest BCUT2D eigenvalue weighted by Gasteiger charge is -2.26. The van der Waals surface area contributed by atoms with Crippen LogP contribution in [0.15, 0.2) is 59.1 Å². The standard InChI is InChI=1S/C22H18BrFN2O5/c1-3-9-31-19-12-17(23)13(11-18(19)30-4-2)10-16-20(27)25-22(29)26(21(16)28)15-7-5-14(24)6-8-15/h3,5-8,10-12H,1,4,9H2,2H3,(H,25,27,29)/b16-10+. The van der Waals surface area contributed by atoms with Crippen LogP contribution in [0, 0.1) is 5.82 Å². The molecule has 0 saturated carbocycles. The van der Waals surface area contributed by atoms with Gasteiger partial charge < -0.3 is 9.47 Å². The molecule has 160 valence electrons. The topological polar surface area (TPSA) is 84.9 Å². The minimum absolute atomic E-state index is 0.129. The number of carbonyl (C=O) groups is 3. The molecule has 1 fully saturated rings. The Hall–Kier alpha value is -3.46. The number of benzene rings is 2. The lowest BCUT2D eigenvalue weighted by atomic mass is 10.1. The van der Waals surface area contributed by atoms with Crippen molar-refractivity contribution in [2.75, 3.05) is 18.1 Å². The molecular weight excluding hydrogens is 471 g/mol. The monoisotopic (exact) mass is 488 g/mol. The highest BCUT2D eigenvalue weighted by atomic mass is 79.9. The first-order chi connectivity index (χ1) is 14.8. The van der Waals surface area contributed by atoms with Gasteiger partial charge in [-0.15, -0.1) is 0 Å². The SMILES string of the molecule is C=CCOc1cc(Br)c(/C=C2\C(=O)NC(=O)N(c3ccc(F)cc3)C2=O)cc1OCC. The number of amides is 4. The molecule has 2 aromatic carbocycles. The average molecular weight is 489 g/mol. The van der Waals surface area contributed by atoms with E-state index in [1.807, 2.05) is 6.92 Å². The summed E-state index contributed by atoms with van der Waals surface area (Å²) in [6.45, 7) is 6.05. The second-order valence-corrected chi connectivity index (χ2v) is 7.14. The second-order valence-electron chi connectivity index (χ2n) is 6.29. The quantitative estimate of drug-likeness (QED) is 0.358. The van der Waals surface area contributed by atoms with Crippen LogP contribution in [-0.4, -0.2) is 31.1 Å². The van der Waals surface area contributed by atoms with Gasteiger partial charge in [0.25, 0.3) is 11.8 Å². The zero-order valence-corrected chi connectivity index (χ0v) is 18.1. The Kier molecular flexibility index (Phi) is 6.86. The van der Waals surface area contributed by atoms with Crippen molar-refractivity contribution in [3.05, 3.63) is 70.5 Å². The first-order valence-corrected chi connectivity index (χ1v) is 10.0. The van der Waals surface area contributed by atoms with Crippen molar-refractivity contribution >= 4 is 45.5 Å². The van der Waals surface area contributed by atoms with Crippen LogP contribution in [0.4, 0.5) is 14.9 Å². The Bertz CT molecular complexity index is 1080. The third-order valence-electron chi connectivity index (χ3n) is 4.21. The number of halogens is 2. The maximum atomic E-state index is 13.2. The predicted octanol–water partition coefficient (Wildman–Crippen LogP) is 4.22. The fraction of sp³-hybridized carbons (Fsp3) is 0.136. The van der Waals surface area contributed by atoms with Crippen molar-refractivity contribution in [3.63, 3.8) is 0 Å². The summed E-state index contributed by atoms with van der Waals surface area (Å²) >= 11 is 3.40. The molecule has 0 unspecified atom stereocenters. The van der Waals surface area contributed by atoms with Crippen molar-refractivity contribution in [2.45, 2.75) is 6.92 Å². The number of hydrogen-bond acceptors (Lipinski definition) is 5. The summed E-state index contributed by atoms with van der Waals surface area (Å²) in [5.74, 6) is -1.33. The fourth-order valence-corrected chi connectivity index (χ4v) is 3.27. The predicted molar refractivity (Wildman–Crippen MR) is 116 cm³/mol. The van der Waals surface area contributed by atoms with Crippen LogP contribution in [-0.2, 0) is 9.59 Å². The van der Waals surface area contributed by atoms with Crippen LogP contribution in [0.3, 0.4) is 0 Å². The molecule has 0 radical (unpaired) electrons. The summed E-state index contributed by atoms with van der Waals surface area (Å²) in [5, 5.41) is 2.12. The van der Waals surface area contributed by atoms with E-state index >= 15 is 0 Å². The van der Waals surface area contributed by atoms with Gasteiger partial charge in [0, 0.05) is 4.47 Å². The highest BCUT2D eigenvalue weighted by Gasteiger charge is 2.37. The van der Waals surface area contributed by atoms with Crippen molar-refractivity contribution in [3.8, 4) is 11.5 Å². The van der Waals surface area contributed by atoms with E-state index in [0.717, 1.165) is 17.0 Å². The summed E-state index contributed by atoms with van der Waals surface area (Å²) in [5.41, 5.74) is 0.317. The number of ether oxygens (including phenoxy) is 2. The molecule has 1 heterocycles. The molecule has 1 aliphatic heterocycles. The minimum Gasteiger partial charge on any atom is -0.490 e. The molecular formula is C22H18BrFN2O5. The molecule has 0 spiro atoms. The van der Waals surface area contributed by atoms with Gasteiger partial charge in [-0.25, -0.2) is 14.1 Å². The molecule has 2 aromatic rings. The molecule has 7 nitrogen and oxygen atoms in total. The Morgan fingerprint density at radius 3 is 2.45 bits per heavy atom. The number of urea groups is 1. The van der Waals surface area contributed by atoms with E-state index in [1.165, 1.54) is 18.2 Å². The number of barbiturate groups is 1. The van der Waals surface area contributed by atoms with E-state index in [9.17, 15) is 18.8 Å². The van der Waals surface area contributed by atoms with Gasteiger partial charge in [0.15, 0.2) is 11.5 Å². The van der Waals surface area contributed by atoms with Gasteiger partial charge in [-0.2, -0.15) is 0 Å². The molecule has 0 bridgehead atoms. The smallest absolute Gasteiger partial charge is 0.335 e. The molecule has 1 aliphatic rings. The Balaban J connectivity index is 2.02. The molecule has 9 heteroatoms. The third kappa shape index (κ3) is 4.83. The summed E-state index contributed by atoms with van der Waals surface area (Å²) in [4.78, 5) is 38.4. The van der Waals surface area contributed by atoms with E-state index in [2.05, 4.69) is 27.8 Å². The lowest BCUT2D eigenvalue weighted by Crippen LogP contribution is -2.54. The van der Waals surface area contributed by atoms with E-state index in [1.54, 1.807) is 18.2 Å². The number of nitrogens with one attached hydrogen (secondary N) is 1. The van der Waals surface area contributed by atoms with E-state index < -0.39 is 23.7 Å². The maximum Gasteiger partial charge on any atom is 0.335 e. The van der Waals surface area contributed by atoms with Crippen LogP contribution in [0.25, 0.3) is 6.08 Å². The molecule has 1 N–H and O–H groups in total. The molecule has 0 aromatic heterocycles. The molecule has 0 aliphatic carbocycles. The van der Waals surface area contributed by atoms with Gasteiger partial charge in [0.1, 0.15) is 18.0 Å². The highest BCUT2D eigenvalue weighted by Crippen LogP contribution is 2.35. The number of nitrogens with zero attached hydrogens (tertiary/aromatic N) is 1. The van der Waals surface area contributed by atoms with Gasteiger partial charge >= 0.3 is 6.03 Å². The van der Waals surface area contributed by atoms with Crippen LogP contribution >= 0.6 is 15.9 Å². The van der Waals surface area contributed by atoms with Gasteiger partial charge in [0.2, 0.25) is 0 Å². The Morgan fingerprint density at radius 2 is 1.81 bits per heavy atom. The lowest BCUT2D eigenvalue weighted by molar-refractivity contribution is -0.122. The van der Waals surface area contributed by atoms with Crippen molar-refractivity contribution in [1.29, 1.82) is 0 Å². The van der Waals surface area contributed by atoms with Crippen LogP contribution in [0.1, 0.15) is 12.5 Å². The number of rotatable bonds is 7. The van der Waals surface area contributed by atoms with Crippen LogP contribution < -0.4 is 19.7 Å². The van der Waals surface area contributed by atoms with Gasteiger partial charge in [-0.05, 0) is 55.0 Å². The third-order valence-corrected chi connectivity index (χ3v) is 4.89. The van der Waals surface area contributed by atoms with Crippen molar-refractivity contribution in [1.82, 2.24) is 5.32 Å². The Morgan fingerprint density at radius 1 is 1.13 bits per heavy atom. The number of hydrogen-bond donors (Lipinski definition) is 1. The number of anilines is 1. The first kappa shape index (κ1) is 22.2. The van der Waals surface area contributed by atoms with Crippen molar-refractivity contribution in [2.24, 2.45) is 0 Å². The van der Waals surface area contributed by atoms with Gasteiger partial charge in [-0.3, -0.25) is 14.9 Å². The fourth-order valence-electron chi connectivity index (χ4n) is 2.83. The largest absolute Gasteiger partial charge is 0.490 e. The summed E-state index contributed by atoms with van der Waals surface area (Å²) in [6.07, 6.45) is 2.93. The zero-order chi connectivity index (χ0) is 22.5. The van der Waals surface area contributed by atoms with E-state index in [4.69, 9.17) is 9.47 Å². The molecule has 0 atom stereocenters. The summed E-state index contributed by atoms with van der Waals surface area (Å²) in [6, 6.07) is 7.11. The highest BCUT2D eigenvalue weighted by molar-refractivity contribution is 9.10. The minimum atomic E-state index is -0.916. The van der Waals surface area contributed by atoms with Crippen LogP contribution in [0.2, 0.25) is 0 Å². The summed E-state index contributed by atoms with van der Waals surface area (Å²) in [7, 11) is 0. The maximum absolute atomic E-state index is 13.2. The van der Waals surface area contributed by atoms with Gasteiger partial charge in [-0.1, -0.05) is 28.6 Å². The summed E-state index contributed by atoms with van der Waals surface area (Å²) < 4.78 is 24.9. The van der Waals surface area contributed by atoms with Gasteiger partial charge in [0.05, 0.1) is 12.3 Å². The normalized spacial score (nSPS) is 15.1. The molecule has 1 saturated heterocycles. The zero-order valence-electron chi connectivity index (χ0n) is 16.5. The number of carbonyl (C=O) groups excluding carboxylic acids is 3. The molecule has 4 amide bonds. The second kappa shape index (κ2) is 9.57. The number of imide groups is 2. The van der Waals surface area contributed by atoms with Crippen molar-refractivity contribution < 1.29 is 28.2 Å². The van der Waals surface area contributed by atoms with Crippen LogP contribution in [0.5, 0.6) is 11.5 Å². The Labute approximate surface area is 186 Å². The van der Waals surface area contributed by atoms with E-state index in [-0.39, 0.29) is 17.9 Å².